The largest absolute Gasteiger partial charge is 0.276 e. The molecule has 0 saturated heterocycles. The van der Waals surface area contributed by atoms with Crippen LogP contribution in [0.3, 0.4) is 0 Å². The average molecular weight is 268 g/mol. The second-order valence-electron chi connectivity index (χ2n) is 4.46. The standard InChI is InChI=1S/C13H20N2O2S/c1-5-6-12(4)14-15-18(16,17)13-9-10(2)7-8-11(13)3/h7-9,15H,5-6H2,1-4H3/b14-12-. The molecule has 0 amide bonds. The van der Waals surface area contributed by atoms with Gasteiger partial charge in [-0.25, -0.2) is 4.83 Å². The van der Waals surface area contributed by atoms with Gasteiger partial charge < -0.3 is 0 Å². The highest BCUT2D eigenvalue weighted by atomic mass is 32.2. The first-order valence-electron chi connectivity index (χ1n) is 5.99. The number of rotatable bonds is 5. The fraction of sp³-hybridized carbons (Fsp3) is 0.462. The highest BCUT2D eigenvalue weighted by Crippen LogP contribution is 2.16. The predicted molar refractivity (Wildman–Crippen MR) is 74.3 cm³/mol. The molecule has 1 aromatic carbocycles. The lowest BCUT2D eigenvalue weighted by Crippen LogP contribution is -2.20. The van der Waals surface area contributed by atoms with Gasteiger partial charge in [0.1, 0.15) is 0 Å². The predicted octanol–water partition coefficient (Wildman–Crippen LogP) is 2.76. The number of sulfonamides is 1. The molecule has 0 saturated carbocycles. The molecule has 5 heteroatoms. The van der Waals surface area contributed by atoms with Crippen LogP contribution in [-0.2, 0) is 10.0 Å². The molecule has 18 heavy (non-hydrogen) atoms. The average Bonchev–Trinajstić information content (AvgIpc) is 2.30. The number of aryl methyl sites for hydroxylation is 2. The van der Waals surface area contributed by atoms with E-state index in [0.717, 1.165) is 29.7 Å². The normalized spacial score (nSPS) is 12.6. The Morgan fingerprint density at radius 1 is 1.33 bits per heavy atom. The van der Waals surface area contributed by atoms with Crippen LogP contribution in [0.5, 0.6) is 0 Å². The Hall–Kier alpha value is -1.36. The minimum Gasteiger partial charge on any atom is -0.200 e. The van der Waals surface area contributed by atoms with E-state index in [1.54, 1.807) is 19.1 Å². The lowest BCUT2D eigenvalue weighted by atomic mass is 10.2. The van der Waals surface area contributed by atoms with Crippen molar-refractivity contribution in [2.45, 2.75) is 45.4 Å². The van der Waals surface area contributed by atoms with Crippen molar-refractivity contribution in [2.24, 2.45) is 5.10 Å². The highest BCUT2D eigenvalue weighted by molar-refractivity contribution is 7.89. The summed E-state index contributed by atoms with van der Waals surface area (Å²) in [5.74, 6) is 0. The molecule has 0 spiro atoms. The number of benzene rings is 1. The van der Waals surface area contributed by atoms with Gasteiger partial charge >= 0.3 is 0 Å². The summed E-state index contributed by atoms with van der Waals surface area (Å²) in [5, 5.41) is 3.91. The monoisotopic (exact) mass is 268 g/mol. The topological polar surface area (TPSA) is 58.5 Å². The SMILES string of the molecule is CCC/C(C)=N\NS(=O)(=O)c1cc(C)ccc1C. The molecule has 0 heterocycles. The molecule has 100 valence electrons. The maximum atomic E-state index is 12.1. The van der Waals surface area contributed by atoms with E-state index in [1.807, 2.05) is 26.8 Å². The zero-order valence-corrected chi connectivity index (χ0v) is 12.1. The molecule has 0 aliphatic rings. The molecule has 4 nitrogen and oxygen atoms in total. The van der Waals surface area contributed by atoms with Crippen LogP contribution in [0.2, 0.25) is 0 Å². The Morgan fingerprint density at radius 2 is 2.00 bits per heavy atom. The number of nitrogens with zero attached hydrogens (tertiary/aromatic N) is 1. The second kappa shape index (κ2) is 6.00. The van der Waals surface area contributed by atoms with E-state index in [-0.39, 0.29) is 4.90 Å². The summed E-state index contributed by atoms with van der Waals surface area (Å²) in [5.41, 5.74) is 2.41. The summed E-state index contributed by atoms with van der Waals surface area (Å²) >= 11 is 0. The quantitative estimate of drug-likeness (QED) is 0.659. The summed E-state index contributed by atoms with van der Waals surface area (Å²) in [6.45, 7) is 7.48. The van der Waals surface area contributed by atoms with Crippen molar-refractivity contribution in [3.63, 3.8) is 0 Å². The number of hydrogen-bond donors (Lipinski definition) is 1. The van der Waals surface area contributed by atoms with Crippen LogP contribution in [0.25, 0.3) is 0 Å². The van der Waals surface area contributed by atoms with E-state index in [0.29, 0.717) is 0 Å². The molecule has 0 fully saturated rings. The van der Waals surface area contributed by atoms with E-state index in [2.05, 4.69) is 9.93 Å². The van der Waals surface area contributed by atoms with Gasteiger partial charge in [-0.3, -0.25) is 0 Å². The van der Waals surface area contributed by atoms with E-state index in [4.69, 9.17) is 0 Å². The Kier molecular flexibility index (Phi) is 4.90. The Bertz CT molecular complexity index is 548. The maximum absolute atomic E-state index is 12.1. The van der Waals surface area contributed by atoms with Gasteiger partial charge in [-0.2, -0.15) is 13.5 Å². The Balaban J connectivity index is 3.00. The van der Waals surface area contributed by atoms with Gasteiger partial charge in [-0.05, 0) is 44.4 Å². The van der Waals surface area contributed by atoms with Crippen LogP contribution >= 0.6 is 0 Å². The van der Waals surface area contributed by atoms with Crippen LogP contribution in [0, 0.1) is 13.8 Å². The van der Waals surface area contributed by atoms with Crippen molar-refractivity contribution in [3.8, 4) is 0 Å². The maximum Gasteiger partial charge on any atom is 0.276 e. The highest BCUT2D eigenvalue weighted by Gasteiger charge is 2.15. The molecule has 0 aliphatic heterocycles. The third-order valence-corrected chi connectivity index (χ3v) is 3.95. The summed E-state index contributed by atoms with van der Waals surface area (Å²) in [4.78, 5) is 2.58. The molecule has 0 aliphatic carbocycles. The van der Waals surface area contributed by atoms with E-state index in [9.17, 15) is 8.42 Å². The molecule has 0 bridgehead atoms. The van der Waals surface area contributed by atoms with E-state index < -0.39 is 10.0 Å². The van der Waals surface area contributed by atoms with Gasteiger partial charge in [0.05, 0.1) is 4.90 Å². The van der Waals surface area contributed by atoms with Crippen LogP contribution < -0.4 is 4.83 Å². The zero-order chi connectivity index (χ0) is 13.8. The third-order valence-electron chi connectivity index (χ3n) is 2.60. The van der Waals surface area contributed by atoms with Gasteiger partial charge in [0.2, 0.25) is 0 Å². The fourth-order valence-corrected chi connectivity index (χ4v) is 2.81. The molecular weight excluding hydrogens is 248 g/mol. The Labute approximate surface area is 109 Å². The second-order valence-corrected chi connectivity index (χ2v) is 6.09. The summed E-state index contributed by atoms with van der Waals surface area (Å²) in [7, 11) is -3.56. The zero-order valence-electron chi connectivity index (χ0n) is 11.3. The van der Waals surface area contributed by atoms with Gasteiger partial charge in [0.15, 0.2) is 0 Å². The number of hydrogen-bond acceptors (Lipinski definition) is 3. The summed E-state index contributed by atoms with van der Waals surface area (Å²) in [6.07, 6.45) is 1.73. The van der Waals surface area contributed by atoms with E-state index >= 15 is 0 Å². The van der Waals surface area contributed by atoms with Crippen LogP contribution in [0.15, 0.2) is 28.2 Å². The molecule has 0 radical (unpaired) electrons. The molecular formula is C13H20N2O2S. The molecule has 1 N–H and O–H groups in total. The molecule has 0 unspecified atom stereocenters. The van der Waals surface area contributed by atoms with Crippen molar-refractivity contribution < 1.29 is 8.42 Å². The first kappa shape index (κ1) is 14.7. The van der Waals surface area contributed by atoms with Crippen molar-refractivity contribution in [1.29, 1.82) is 0 Å². The summed E-state index contributed by atoms with van der Waals surface area (Å²) in [6, 6.07) is 5.34. The van der Waals surface area contributed by atoms with Crippen LogP contribution in [0.4, 0.5) is 0 Å². The minimum absolute atomic E-state index is 0.288. The Morgan fingerprint density at radius 3 is 2.61 bits per heavy atom. The molecule has 0 atom stereocenters. The van der Waals surface area contributed by atoms with Gasteiger partial charge in [-0.1, -0.05) is 25.5 Å². The van der Waals surface area contributed by atoms with Crippen molar-refractivity contribution in [1.82, 2.24) is 4.83 Å². The fourth-order valence-electron chi connectivity index (χ4n) is 1.60. The van der Waals surface area contributed by atoms with Crippen LogP contribution in [0.1, 0.15) is 37.8 Å². The molecule has 0 aromatic heterocycles. The summed E-state index contributed by atoms with van der Waals surface area (Å²) < 4.78 is 24.2. The van der Waals surface area contributed by atoms with Crippen molar-refractivity contribution in [3.05, 3.63) is 29.3 Å². The van der Waals surface area contributed by atoms with Gasteiger partial charge in [0.25, 0.3) is 10.0 Å². The van der Waals surface area contributed by atoms with Gasteiger partial charge in [-0.15, -0.1) is 0 Å². The first-order chi connectivity index (χ1) is 8.36. The third kappa shape index (κ3) is 3.84. The smallest absolute Gasteiger partial charge is 0.200 e. The lowest BCUT2D eigenvalue weighted by molar-refractivity contribution is 0.583. The van der Waals surface area contributed by atoms with Gasteiger partial charge in [0, 0.05) is 5.71 Å². The van der Waals surface area contributed by atoms with Crippen molar-refractivity contribution >= 4 is 15.7 Å². The van der Waals surface area contributed by atoms with E-state index in [1.165, 1.54) is 0 Å². The van der Waals surface area contributed by atoms with Crippen molar-refractivity contribution in [2.75, 3.05) is 0 Å². The molecule has 1 aromatic rings. The minimum atomic E-state index is -3.56. The number of nitrogens with one attached hydrogen (secondary N) is 1. The lowest BCUT2D eigenvalue weighted by Gasteiger charge is -2.08. The molecule has 1 rings (SSSR count). The number of hydrazone groups is 1. The first-order valence-corrected chi connectivity index (χ1v) is 7.47. The van der Waals surface area contributed by atoms with Crippen LogP contribution in [-0.4, -0.2) is 14.1 Å².